The minimum Gasteiger partial charge on any atom is -0.494 e. The molecule has 4 aromatic rings. The highest BCUT2D eigenvalue weighted by atomic mass is 32.1. The fourth-order valence-electron chi connectivity index (χ4n) is 3.26. The lowest BCUT2D eigenvalue weighted by Gasteiger charge is -2.13. The second-order valence-electron chi connectivity index (χ2n) is 7.18. The molecule has 0 fully saturated rings. The van der Waals surface area contributed by atoms with Crippen molar-refractivity contribution in [2.24, 2.45) is 0 Å². The van der Waals surface area contributed by atoms with E-state index in [-0.39, 0.29) is 23.2 Å². The molecule has 8 heteroatoms. The average molecular weight is 460 g/mol. The number of carbonyl (C=O) groups excluding carboxylic acids is 2. The standard InChI is InChI=1S/C25H21N3O4S/c1-31-21-15-18(26-25(33)28-23(29)13-16-7-3-2-4-8-16)11-12-19(21)27-24(30)22-14-17-9-5-6-10-20(17)32-22/h2-12,14-15H,13H2,1H3,(H,27,30)(H2,26,28,29,33). The van der Waals surface area contributed by atoms with E-state index >= 15 is 0 Å². The van der Waals surface area contributed by atoms with Crippen LogP contribution in [0.5, 0.6) is 5.75 Å². The largest absolute Gasteiger partial charge is 0.494 e. The molecule has 3 aromatic carbocycles. The molecule has 0 saturated carbocycles. The minimum absolute atomic E-state index is 0.164. The molecule has 0 spiro atoms. The third-order valence-corrected chi connectivity index (χ3v) is 5.02. The maximum absolute atomic E-state index is 12.6. The molecule has 1 heterocycles. The van der Waals surface area contributed by atoms with Crippen LogP contribution in [0.1, 0.15) is 16.1 Å². The van der Waals surface area contributed by atoms with Gasteiger partial charge < -0.3 is 25.1 Å². The van der Waals surface area contributed by atoms with Gasteiger partial charge in [-0.2, -0.15) is 0 Å². The van der Waals surface area contributed by atoms with Gasteiger partial charge in [-0.1, -0.05) is 48.5 Å². The molecule has 0 radical (unpaired) electrons. The number of furan rings is 1. The summed E-state index contributed by atoms with van der Waals surface area (Å²) in [5.41, 5.74) is 2.59. The maximum Gasteiger partial charge on any atom is 0.291 e. The number of rotatable bonds is 6. The highest BCUT2D eigenvalue weighted by Gasteiger charge is 2.15. The zero-order valence-corrected chi connectivity index (χ0v) is 18.6. The first kappa shape index (κ1) is 22.0. The number of amides is 2. The molecular weight excluding hydrogens is 438 g/mol. The first-order valence-corrected chi connectivity index (χ1v) is 10.6. The van der Waals surface area contributed by atoms with E-state index in [0.717, 1.165) is 10.9 Å². The van der Waals surface area contributed by atoms with E-state index in [1.54, 1.807) is 30.3 Å². The van der Waals surface area contributed by atoms with Gasteiger partial charge in [0.2, 0.25) is 5.91 Å². The number of methoxy groups -OCH3 is 1. The van der Waals surface area contributed by atoms with E-state index in [9.17, 15) is 9.59 Å². The molecule has 0 aliphatic heterocycles. The Hall–Kier alpha value is -4.17. The van der Waals surface area contributed by atoms with Crippen LogP contribution >= 0.6 is 12.2 Å². The first-order chi connectivity index (χ1) is 16.0. The number of benzene rings is 3. The van der Waals surface area contributed by atoms with Gasteiger partial charge >= 0.3 is 0 Å². The highest BCUT2D eigenvalue weighted by molar-refractivity contribution is 7.80. The van der Waals surface area contributed by atoms with Crippen molar-refractivity contribution in [1.82, 2.24) is 5.32 Å². The molecule has 4 rings (SSSR count). The Morgan fingerprint density at radius 1 is 0.939 bits per heavy atom. The van der Waals surface area contributed by atoms with Gasteiger partial charge in [-0.15, -0.1) is 0 Å². The van der Waals surface area contributed by atoms with Gasteiger partial charge in [-0.3, -0.25) is 9.59 Å². The number of para-hydroxylation sites is 1. The maximum atomic E-state index is 12.6. The van der Waals surface area contributed by atoms with Crippen LogP contribution in [0.25, 0.3) is 11.0 Å². The number of ether oxygens (including phenoxy) is 1. The van der Waals surface area contributed by atoms with Gasteiger partial charge in [-0.25, -0.2) is 0 Å². The lowest BCUT2D eigenvalue weighted by atomic mass is 10.1. The van der Waals surface area contributed by atoms with Crippen molar-refractivity contribution >= 4 is 51.5 Å². The Morgan fingerprint density at radius 3 is 2.45 bits per heavy atom. The Kier molecular flexibility index (Phi) is 6.66. The number of anilines is 2. The van der Waals surface area contributed by atoms with Crippen molar-refractivity contribution in [2.45, 2.75) is 6.42 Å². The topological polar surface area (TPSA) is 92.6 Å². The van der Waals surface area contributed by atoms with Gasteiger partial charge in [-0.05, 0) is 42.0 Å². The number of thiocarbonyl (C=S) groups is 1. The van der Waals surface area contributed by atoms with Crippen molar-refractivity contribution in [1.29, 1.82) is 0 Å². The van der Waals surface area contributed by atoms with E-state index in [1.165, 1.54) is 7.11 Å². The quantitative estimate of drug-likeness (QED) is 0.361. The monoisotopic (exact) mass is 459 g/mol. The van der Waals surface area contributed by atoms with E-state index in [4.69, 9.17) is 21.4 Å². The van der Waals surface area contributed by atoms with Crippen LogP contribution in [0.4, 0.5) is 11.4 Å². The molecule has 166 valence electrons. The van der Waals surface area contributed by atoms with Crippen molar-refractivity contribution in [3.8, 4) is 5.75 Å². The second kappa shape index (κ2) is 9.97. The van der Waals surface area contributed by atoms with E-state index in [1.807, 2.05) is 48.5 Å². The predicted molar refractivity (Wildman–Crippen MR) is 132 cm³/mol. The molecule has 0 unspecified atom stereocenters. The van der Waals surface area contributed by atoms with Gasteiger partial charge in [0.25, 0.3) is 5.91 Å². The van der Waals surface area contributed by atoms with Gasteiger partial charge in [0, 0.05) is 17.1 Å². The molecule has 0 atom stereocenters. The summed E-state index contributed by atoms with van der Waals surface area (Å²) in [5.74, 6) is -0.0000716. The van der Waals surface area contributed by atoms with Crippen molar-refractivity contribution in [2.75, 3.05) is 17.7 Å². The second-order valence-corrected chi connectivity index (χ2v) is 7.59. The zero-order valence-electron chi connectivity index (χ0n) is 17.8. The number of hydrogen-bond acceptors (Lipinski definition) is 5. The van der Waals surface area contributed by atoms with Gasteiger partial charge in [0.05, 0.1) is 19.2 Å². The summed E-state index contributed by atoms with van der Waals surface area (Å²) in [6.07, 6.45) is 0.221. The molecular formula is C25H21N3O4S. The smallest absolute Gasteiger partial charge is 0.291 e. The van der Waals surface area contributed by atoms with Crippen LogP contribution in [0.15, 0.2) is 83.3 Å². The molecule has 2 amide bonds. The normalized spacial score (nSPS) is 10.5. The average Bonchev–Trinajstić information content (AvgIpc) is 3.25. The van der Waals surface area contributed by atoms with E-state index < -0.39 is 5.91 Å². The zero-order chi connectivity index (χ0) is 23.2. The summed E-state index contributed by atoms with van der Waals surface area (Å²) in [4.78, 5) is 24.8. The van der Waals surface area contributed by atoms with Crippen LogP contribution < -0.4 is 20.7 Å². The highest BCUT2D eigenvalue weighted by Crippen LogP contribution is 2.29. The Balaban J connectivity index is 1.39. The lowest BCUT2D eigenvalue weighted by molar-refractivity contribution is -0.119. The van der Waals surface area contributed by atoms with E-state index in [2.05, 4.69) is 16.0 Å². The summed E-state index contributed by atoms with van der Waals surface area (Å²) in [6, 6.07) is 23.5. The predicted octanol–water partition coefficient (Wildman–Crippen LogP) is 4.75. The molecule has 33 heavy (non-hydrogen) atoms. The summed E-state index contributed by atoms with van der Waals surface area (Å²) in [7, 11) is 1.50. The summed E-state index contributed by atoms with van der Waals surface area (Å²) < 4.78 is 11.0. The fraction of sp³-hybridized carbons (Fsp3) is 0.0800. The Morgan fingerprint density at radius 2 is 1.70 bits per heavy atom. The van der Waals surface area contributed by atoms with Crippen molar-refractivity contribution in [3.63, 3.8) is 0 Å². The summed E-state index contributed by atoms with van der Waals surface area (Å²) >= 11 is 5.24. The molecule has 0 bridgehead atoms. The third kappa shape index (κ3) is 5.55. The summed E-state index contributed by atoms with van der Waals surface area (Å²) in [6.45, 7) is 0. The van der Waals surface area contributed by atoms with Crippen LogP contribution in [0.2, 0.25) is 0 Å². The summed E-state index contributed by atoms with van der Waals surface area (Å²) in [5, 5.41) is 9.40. The molecule has 3 N–H and O–H groups in total. The molecule has 0 aliphatic carbocycles. The van der Waals surface area contributed by atoms with Crippen LogP contribution in [0, 0.1) is 0 Å². The lowest BCUT2D eigenvalue weighted by Crippen LogP contribution is -2.35. The fourth-order valence-corrected chi connectivity index (χ4v) is 3.50. The van der Waals surface area contributed by atoms with Crippen LogP contribution in [-0.4, -0.2) is 24.0 Å². The van der Waals surface area contributed by atoms with Crippen LogP contribution in [0.3, 0.4) is 0 Å². The van der Waals surface area contributed by atoms with Gasteiger partial charge in [0.1, 0.15) is 11.3 Å². The SMILES string of the molecule is COc1cc(NC(=S)NC(=O)Cc2ccccc2)ccc1NC(=O)c1cc2ccccc2o1. The number of carbonyl (C=O) groups is 2. The molecule has 1 aromatic heterocycles. The van der Waals surface area contributed by atoms with Crippen molar-refractivity contribution in [3.05, 3.63) is 90.2 Å². The molecule has 0 saturated heterocycles. The molecule has 7 nitrogen and oxygen atoms in total. The van der Waals surface area contributed by atoms with E-state index in [0.29, 0.717) is 22.7 Å². The first-order valence-electron chi connectivity index (χ1n) is 10.1. The Bertz CT molecular complexity index is 1280. The van der Waals surface area contributed by atoms with Gasteiger partial charge in [0.15, 0.2) is 10.9 Å². The number of fused-ring (bicyclic) bond motifs is 1. The molecule has 0 aliphatic rings. The third-order valence-electron chi connectivity index (χ3n) is 4.82. The minimum atomic E-state index is -0.395. The van der Waals surface area contributed by atoms with Crippen molar-refractivity contribution < 1.29 is 18.7 Å². The Labute approximate surface area is 195 Å². The van der Waals surface area contributed by atoms with Crippen LogP contribution in [-0.2, 0) is 11.2 Å². The number of hydrogen-bond donors (Lipinski definition) is 3. The number of nitrogens with one attached hydrogen (secondary N) is 3.